The van der Waals surface area contributed by atoms with Crippen LogP contribution in [0.4, 0.5) is 11.4 Å². The summed E-state index contributed by atoms with van der Waals surface area (Å²) < 4.78 is 5.16. The number of rotatable bonds is 4. The average molecular weight is 376 g/mol. The van der Waals surface area contributed by atoms with E-state index in [2.05, 4.69) is 10.3 Å². The fraction of sp³-hybridized carbons (Fsp3) is 0.190. The third-order valence-electron chi connectivity index (χ3n) is 4.63. The number of hydrogen-bond donors (Lipinski definition) is 1. The number of carbonyl (C=O) groups excluding carboxylic acids is 2. The van der Waals surface area contributed by atoms with E-state index in [1.54, 1.807) is 34.2 Å². The number of benzene rings is 1. The van der Waals surface area contributed by atoms with Crippen LogP contribution in [0.5, 0.6) is 0 Å². The molecule has 1 aromatic carbocycles. The van der Waals surface area contributed by atoms with E-state index in [1.165, 1.54) is 6.26 Å². The Morgan fingerprint density at radius 2 is 1.54 bits per heavy atom. The van der Waals surface area contributed by atoms with Gasteiger partial charge in [-0.15, -0.1) is 0 Å². The van der Waals surface area contributed by atoms with Gasteiger partial charge in [-0.05, 0) is 36.4 Å². The van der Waals surface area contributed by atoms with Crippen molar-refractivity contribution in [3.63, 3.8) is 0 Å². The molecular formula is C21H20N4O3. The van der Waals surface area contributed by atoms with Crippen molar-refractivity contribution in [1.82, 2.24) is 14.8 Å². The highest BCUT2D eigenvalue weighted by atomic mass is 16.3. The van der Waals surface area contributed by atoms with Gasteiger partial charge in [0.25, 0.3) is 11.8 Å². The monoisotopic (exact) mass is 376 g/mol. The number of aromatic nitrogens is 1. The molecule has 1 aliphatic rings. The summed E-state index contributed by atoms with van der Waals surface area (Å²) >= 11 is 0. The summed E-state index contributed by atoms with van der Waals surface area (Å²) in [7, 11) is 0. The van der Waals surface area contributed by atoms with Gasteiger partial charge in [0, 0.05) is 31.9 Å². The van der Waals surface area contributed by atoms with Gasteiger partial charge in [0.1, 0.15) is 5.69 Å². The van der Waals surface area contributed by atoms with E-state index in [4.69, 9.17) is 4.42 Å². The molecule has 0 atom stereocenters. The van der Waals surface area contributed by atoms with E-state index >= 15 is 0 Å². The van der Waals surface area contributed by atoms with Crippen LogP contribution in [0.15, 0.2) is 71.5 Å². The first-order chi connectivity index (χ1) is 13.7. The molecule has 28 heavy (non-hydrogen) atoms. The van der Waals surface area contributed by atoms with Gasteiger partial charge in [-0.3, -0.25) is 9.59 Å². The second-order valence-corrected chi connectivity index (χ2v) is 6.48. The van der Waals surface area contributed by atoms with Crippen LogP contribution in [0.2, 0.25) is 0 Å². The van der Waals surface area contributed by atoms with Crippen LogP contribution >= 0.6 is 0 Å². The van der Waals surface area contributed by atoms with E-state index < -0.39 is 0 Å². The molecule has 1 saturated heterocycles. The number of amides is 2. The van der Waals surface area contributed by atoms with Crippen molar-refractivity contribution in [2.75, 3.05) is 31.5 Å². The standard InChI is InChI=1S/C21H20N4O3/c26-20(18-9-8-17(15-22-18)23-16-5-2-1-3-6-16)24-10-12-25(13-11-24)21(27)19-7-4-14-28-19/h1-9,14-15,23H,10-13H2. The van der Waals surface area contributed by atoms with E-state index in [-0.39, 0.29) is 11.8 Å². The van der Waals surface area contributed by atoms with Crippen molar-refractivity contribution < 1.29 is 14.0 Å². The Morgan fingerprint density at radius 1 is 0.821 bits per heavy atom. The minimum Gasteiger partial charge on any atom is -0.459 e. The molecule has 0 unspecified atom stereocenters. The second kappa shape index (κ2) is 7.96. The molecule has 7 heteroatoms. The van der Waals surface area contributed by atoms with Crippen LogP contribution in [0.1, 0.15) is 21.0 Å². The molecule has 1 N–H and O–H groups in total. The number of hydrogen-bond acceptors (Lipinski definition) is 5. The number of anilines is 2. The highest BCUT2D eigenvalue weighted by molar-refractivity contribution is 5.94. The number of furan rings is 1. The molecule has 0 bridgehead atoms. The molecule has 3 heterocycles. The lowest BCUT2D eigenvalue weighted by atomic mass is 10.2. The van der Waals surface area contributed by atoms with Gasteiger partial charge in [0.05, 0.1) is 18.1 Å². The van der Waals surface area contributed by atoms with Gasteiger partial charge in [-0.25, -0.2) is 4.98 Å². The fourth-order valence-corrected chi connectivity index (χ4v) is 3.11. The Bertz CT molecular complexity index is 932. The molecule has 0 spiro atoms. The zero-order valence-electron chi connectivity index (χ0n) is 15.2. The predicted molar refractivity (Wildman–Crippen MR) is 104 cm³/mol. The summed E-state index contributed by atoms with van der Waals surface area (Å²) in [5.41, 5.74) is 2.17. The lowest BCUT2D eigenvalue weighted by Crippen LogP contribution is -2.50. The summed E-state index contributed by atoms with van der Waals surface area (Å²) in [4.78, 5) is 32.7. The first-order valence-electron chi connectivity index (χ1n) is 9.11. The molecule has 7 nitrogen and oxygen atoms in total. The zero-order chi connectivity index (χ0) is 19.3. The summed E-state index contributed by atoms with van der Waals surface area (Å²) in [6.07, 6.45) is 3.13. The minimum absolute atomic E-state index is 0.128. The molecule has 4 rings (SSSR count). The molecular weight excluding hydrogens is 356 g/mol. The fourth-order valence-electron chi connectivity index (χ4n) is 3.11. The number of pyridine rings is 1. The lowest BCUT2D eigenvalue weighted by molar-refractivity contribution is 0.0515. The maximum Gasteiger partial charge on any atom is 0.289 e. The van der Waals surface area contributed by atoms with Crippen LogP contribution in [0, 0.1) is 0 Å². The van der Waals surface area contributed by atoms with Crippen LogP contribution < -0.4 is 5.32 Å². The molecule has 3 aromatic rings. The van der Waals surface area contributed by atoms with Crippen molar-refractivity contribution in [2.24, 2.45) is 0 Å². The molecule has 2 aromatic heterocycles. The Kier molecular flexibility index (Phi) is 5.05. The van der Waals surface area contributed by atoms with Gasteiger partial charge in [0.15, 0.2) is 5.76 Å². The number of para-hydroxylation sites is 1. The number of nitrogens with zero attached hydrogens (tertiary/aromatic N) is 3. The van der Waals surface area contributed by atoms with Gasteiger partial charge in [-0.2, -0.15) is 0 Å². The van der Waals surface area contributed by atoms with Crippen molar-refractivity contribution in [3.05, 3.63) is 78.5 Å². The second-order valence-electron chi connectivity index (χ2n) is 6.48. The van der Waals surface area contributed by atoms with Gasteiger partial charge < -0.3 is 19.5 Å². The summed E-state index contributed by atoms with van der Waals surface area (Å²) in [6, 6.07) is 16.7. The topological polar surface area (TPSA) is 78.7 Å². The molecule has 0 saturated carbocycles. The normalized spacial score (nSPS) is 14.0. The Morgan fingerprint density at radius 3 is 2.14 bits per heavy atom. The average Bonchev–Trinajstić information content (AvgIpc) is 3.29. The third kappa shape index (κ3) is 3.88. The van der Waals surface area contributed by atoms with Crippen LogP contribution in [0.3, 0.4) is 0 Å². The molecule has 1 aliphatic heterocycles. The first-order valence-corrected chi connectivity index (χ1v) is 9.11. The highest BCUT2D eigenvalue weighted by Crippen LogP contribution is 2.16. The quantitative estimate of drug-likeness (QED) is 0.757. The number of nitrogens with one attached hydrogen (secondary N) is 1. The molecule has 2 amide bonds. The zero-order valence-corrected chi connectivity index (χ0v) is 15.2. The van der Waals surface area contributed by atoms with Gasteiger partial charge >= 0.3 is 0 Å². The molecule has 0 radical (unpaired) electrons. The minimum atomic E-state index is -0.147. The van der Waals surface area contributed by atoms with Gasteiger partial charge in [-0.1, -0.05) is 18.2 Å². The highest BCUT2D eigenvalue weighted by Gasteiger charge is 2.27. The van der Waals surface area contributed by atoms with Crippen molar-refractivity contribution >= 4 is 23.2 Å². The largest absolute Gasteiger partial charge is 0.459 e. The van der Waals surface area contributed by atoms with Crippen LogP contribution in [0.25, 0.3) is 0 Å². The maximum absolute atomic E-state index is 12.7. The van der Waals surface area contributed by atoms with E-state index in [0.717, 1.165) is 11.4 Å². The maximum atomic E-state index is 12.7. The first kappa shape index (κ1) is 17.8. The smallest absolute Gasteiger partial charge is 0.289 e. The third-order valence-corrected chi connectivity index (χ3v) is 4.63. The van der Waals surface area contributed by atoms with E-state index in [9.17, 15) is 9.59 Å². The summed E-state index contributed by atoms with van der Waals surface area (Å²) in [6.45, 7) is 1.88. The summed E-state index contributed by atoms with van der Waals surface area (Å²) in [5.74, 6) is 0.0471. The van der Waals surface area contributed by atoms with Crippen LogP contribution in [-0.2, 0) is 0 Å². The lowest BCUT2D eigenvalue weighted by Gasteiger charge is -2.34. The molecule has 142 valence electrons. The predicted octanol–water partition coefficient (Wildman–Crippen LogP) is 3.02. The van der Waals surface area contributed by atoms with Crippen molar-refractivity contribution in [2.45, 2.75) is 0 Å². The molecule has 1 fully saturated rings. The van der Waals surface area contributed by atoms with Crippen molar-refractivity contribution in [1.29, 1.82) is 0 Å². The van der Waals surface area contributed by atoms with Crippen LogP contribution in [-0.4, -0.2) is 52.8 Å². The number of piperazine rings is 1. The van der Waals surface area contributed by atoms with E-state index in [1.807, 2.05) is 36.4 Å². The Balaban J connectivity index is 1.34. The van der Waals surface area contributed by atoms with E-state index in [0.29, 0.717) is 37.6 Å². The summed E-state index contributed by atoms with van der Waals surface area (Å²) in [5, 5.41) is 3.24. The van der Waals surface area contributed by atoms with Crippen molar-refractivity contribution in [3.8, 4) is 0 Å². The Labute approximate surface area is 162 Å². The molecule has 0 aliphatic carbocycles. The Hall–Kier alpha value is -3.61. The number of carbonyl (C=O) groups is 2. The SMILES string of the molecule is O=C(c1ccc(Nc2ccccc2)cn1)N1CCN(C(=O)c2ccco2)CC1. The van der Waals surface area contributed by atoms with Gasteiger partial charge in [0.2, 0.25) is 0 Å².